The fraction of sp³-hybridized carbons (Fsp3) is 0.611. The van der Waals surface area contributed by atoms with Crippen molar-refractivity contribution in [1.82, 2.24) is 0 Å². The number of carbonyl (C=O) groups is 1. The zero-order chi connectivity index (χ0) is 15.1. The Bertz CT molecular complexity index is 464. The van der Waals surface area contributed by atoms with Gasteiger partial charge in [0.2, 0.25) is 0 Å². The molecular formula is C18H27NO2. The van der Waals surface area contributed by atoms with E-state index in [1.165, 1.54) is 32.1 Å². The average molecular weight is 289 g/mol. The number of ether oxygens (including phenoxy) is 1. The molecule has 0 amide bonds. The van der Waals surface area contributed by atoms with Gasteiger partial charge in [-0.3, -0.25) is 4.79 Å². The number of benzene rings is 1. The van der Waals surface area contributed by atoms with Crippen LogP contribution in [0.3, 0.4) is 0 Å². The topological polar surface area (TPSA) is 52.3 Å². The molecule has 1 aliphatic carbocycles. The number of Topliss-reactive ketones (excluding diaryl/α,β-unsaturated/α-hetero) is 1. The van der Waals surface area contributed by atoms with E-state index in [4.69, 9.17) is 10.5 Å². The Labute approximate surface area is 127 Å². The van der Waals surface area contributed by atoms with Gasteiger partial charge in [-0.25, -0.2) is 0 Å². The fourth-order valence-electron chi connectivity index (χ4n) is 3.02. The summed E-state index contributed by atoms with van der Waals surface area (Å²) in [7, 11) is 0. The third kappa shape index (κ3) is 4.76. The van der Waals surface area contributed by atoms with Gasteiger partial charge in [0.05, 0.1) is 12.3 Å². The number of hydrogen-bond acceptors (Lipinski definition) is 3. The van der Waals surface area contributed by atoms with E-state index in [-0.39, 0.29) is 5.78 Å². The van der Waals surface area contributed by atoms with Crippen molar-refractivity contribution in [2.24, 2.45) is 5.92 Å². The molecule has 3 nitrogen and oxygen atoms in total. The lowest BCUT2D eigenvalue weighted by molar-refractivity contribution is 0.0970. The van der Waals surface area contributed by atoms with Crippen LogP contribution in [0.25, 0.3) is 0 Å². The Hall–Kier alpha value is -1.51. The molecule has 0 bridgehead atoms. The first-order chi connectivity index (χ1) is 10.2. The number of ketones is 1. The van der Waals surface area contributed by atoms with Crippen LogP contribution in [0, 0.1) is 5.92 Å². The number of nitrogen functional groups attached to an aromatic ring is 1. The molecule has 2 rings (SSSR count). The molecule has 0 atom stereocenters. The summed E-state index contributed by atoms with van der Waals surface area (Å²) in [5.74, 6) is 1.63. The van der Waals surface area contributed by atoms with E-state index in [0.29, 0.717) is 30.0 Å². The van der Waals surface area contributed by atoms with Gasteiger partial charge in [-0.1, -0.05) is 39.0 Å². The summed E-state index contributed by atoms with van der Waals surface area (Å²) in [6.07, 6.45) is 9.21. The van der Waals surface area contributed by atoms with Gasteiger partial charge in [0.25, 0.3) is 0 Å². The standard InChI is InChI=1S/C18H27NO2/c1-2-12-21-18-11-9-15(13-16(18)19)17(20)10-8-14-6-4-3-5-7-14/h9,11,13-14H,2-8,10,12,19H2,1H3. The number of rotatable bonds is 7. The van der Waals surface area contributed by atoms with Crippen molar-refractivity contribution in [1.29, 1.82) is 0 Å². The quantitative estimate of drug-likeness (QED) is 0.589. The predicted octanol–water partition coefficient (Wildman–Crippen LogP) is 4.60. The van der Waals surface area contributed by atoms with Crippen molar-refractivity contribution in [2.45, 2.75) is 58.3 Å². The molecule has 1 aromatic carbocycles. The lowest BCUT2D eigenvalue weighted by Gasteiger charge is -2.21. The second-order valence-corrected chi connectivity index (χ2v) is 6.07. The van der Waals surface area contributed by atoms with E-state index >= 15 is 0 Å². The molecule has 0 heterocycles. The van der Waals surface area contributed by atoms with Crippen LogP contribution in [0.5, 0.6) is 5.75 Å². The molecule has 1 fully saturated rings. The molecule has 0 radical (unpaired) electrons. The second-order valence-electron chi connectivity index (χ2n) is 6.07. The van der Waals surface area contributed by atoms with Crippen molar-refractivity contribution in [3.05, 3.63) is 23.8 Å². The average Bonchev–Trinajstić information content (AvgIpc) is 2.52. The molecule has 2 N–H and O–H groups in total. The predicted molar refractivity (Wildman–Crippen MR) is 86.8 cm³/mol. The van der Waals surface area contributed by atoms with Crippen LogP contribution in [-0.4, -0.2) is 12.4 Å². The van der Waals surface area contributed by atoms with Gasteiger partial charge in [-0.15, -0.1) is 0 Å². The zero-order valence-corrected chi connectivity index (χ0v) is 13.1. The molecule has 0 aliphatic heterocycles. The van der Waals surface area contributed by atoms with E-state index in [1.807, 2.05) is 12.1 Å². The van der Waals surface area contributed by atoms with Crippen LogP contribution in [0.1, 0.15) is 68.6 Å². The third-order valence-corrected chi connectivity index (χ3v) is 4.30. The minimum absolute atomic E-state index is 0.203. The number of carbonyl (C=O) groups excluding carboxylic acids is 1. The van der Waals surface area contributed by atoms with Gasteiger partial charge in [-0.05, 0) is 37.0 Å². The summed E-state index contributed by atoms with van der Waals surface area (Å²) >= 11 is 0. The third-order valence-electron chi connectivity index (χ3n) is 4.30. The number of hydrogen-bond donors (Lipinski definition) is 1. The lowest BCUT2D eigenvalue weighted by Crippen LogP contribution is -2.09. The second kappa shape index (κ2) is 8.06. The molecule has 116 valence electrons. The largest absolute Gasteiger partial charge is 0.491 e. The van der Waals surface area contributed by atoms with E-state index in [9.17, 15) is 4.79 Å². The summed E-state index contributed by atoms with van der Waals surface area (Å²) in [4.78, 5) is 12.3. The summed E-state index contributed by atoms with van der Waals surface area (Å²) in [5, 5.41) is 0. The maximum absolute atomic E-state index is 12.3. The first-order valence-corrected chi connectivity index (χ1v) is 8.26. The summed E-state index contributed by atoms with van der Waals surface area (Å²) in [6, 6.07) is 5.41. The Morgan fingerprint density at radius 2 is 2.05 bits per heavy atom. The van der Waals surface area contributed by atoms with Gasteiger partial charge >= 0.3 is 0 Å². The molecule has 0 saturated heterocycles. The first kappa shape index (κ1) is 15.9. The van der Waals surface area contributed by atoms with Crippen molar-refractivity contribution >= 4 is 11.5 Å². The van der Waals surface area contributed by atoms with E-state index in [0.717, 1.165) is 18.8 Å². The normalized spacial score (nSPS) is 15.9. The van der Waals surface area contributed by atoms with Crippen LogP contribution in [0.2, 0.25) is 0 Å². The SMILES string of the molecule is CCCOc1ccc(C(=O)CCC2CCCCC2)cc1N. The Morgan fingerprint density at radius 3 is 2.71 bits per heavy atom. The highest BCUT2D eigenvalue weighted by Gasteiger charge is 2.16. The van der Waals surface area contributed by atoms with Gasteiger partial charge < -0.3 is 10.5 Å². The van der Waals surface area contributed by atoms with E-state index in [2.05, 4.69) is 6.92 Å². The van der Waals surface area contributed by atoms with Crippen LogP contribution < -0.4 is 10.5 Å². The summed E-state index contributed by atoms with van der Waals surface area (Å²) in [5.41, 5.74) is 7.24. The molecule has 1 aliphatic rings. The van der Waals surface area contributed by atoms with E-state index in [1.54, 1.807) is 6.07 Å². The molecule has 0 spiro atoms. The Morgan fingerprint density at radius 1 is 1.29 bits per heavy atom. The van der Waals surface area contributed by atoms with Gasteiger partial charge in [0.15, 0.2) is 5.78 Å². The summed E-state index contributed by atoms with van der Waals surface area (Å²) in [6.45, 7) is 2.71. The molecule has 1 aromatic rings. The zero-order valence-electron chi connectivity index (χ0n) is 13.1. The smallest absolute Gasteiger partial charge is 0.162 e. The van der Waals surface area contributed by atoms with Crippen LogP contribution in [-0.2, 0) is 0 Å². The molecule has 0 aromatic heterocycles. The highest BCUT2D eigenvalue weighted by molar-refractivity contribution is 5.97. The van der Waals surface area contributed by atoms with Crippen LogP contribution in [0.4, 0.5) is 5.69 Å². The highest BCUT2D eigenvalue weighted by atomic mass is 16.5. The van der Waals surface area contributed by atoms with Crippen molar-refractivity contribution in [3.63, 3.8) is 0 Å². The van der Waals surface area contributed by atoms with Gasteiger partial charge in [0, 0.05) is 12.0 Å². The minimum atomic E-state index is 0.203. The van der Waals surface area contributed by atoms with Crippen molar-refractivity contribution in [3.8, 4) is 5.75 Å². The first-order valence-electron chi connectivity index (χ1n) is 8.26. The van der Waals surface area contributed by atoms with Gasteiger partial charge in [0.1, 0.15) is 5.75 Å². The van der Waals surface area contributed by atoms with Crippen LogP contribution >= 0.6 is 0 Å². The van der Waals surface area contributed by atoms with Gasteiger partial charge in [-0.2, -0.15) is 0 Å². The van der Waals surface area contributed by atoms with Crippen molar-refractivity contribution in [2.75, 3.05) is 12.3 Å². The van der Waals surface area contributed by atoms with E-state index < -0.39 is 0 Å². The highest BCUT2D eigenvalue weighted by Crippen LogP contribution is 2.28. The molecule has 1 saturated carbocycles. The number of nitrogens with two attached hydrogens (primary N) is 1. The molecule has 21 heavy (non-hydrogen) atoms. The fourth-order valence-corrected chi connectivity index (χ4v) is 3.02. The molecular weight excluding hydrogens is 262 g/mol. The monoisotopic (exact) mass is 289 g/mol. The van der Waals surface area contributed by atoms with Crippen molar-refractivity contribution < 1.29 is 9.53 Å². The Kier molecular flexibility index (Phi) is 6.09. The molecule has 3 heteroatoms. The lowest BCUT2D eigenvalue weighted by atomic mass is 9.85. The van der Waals surface area contributed by atoms with Crippen LogP contribution in [0.15, 0.2) is 18.2 Å². The number of anilines is 1. The Balaban J connectivity index is 1.88. The summed E-state index contributed by atoms with van der Waals surface area (Å²) < 4.78 is 5.54. The maximum atomic E-state index is 12.3. The maximum Gasteiger partial charge on any atom is 0.162 e. The minimum Gasteiger partial charge on any atom is -0.491 e. The molecule has 0 unspecified atom stereocenters.